The first-order valence-electron chi connectivity index (χ1n) is 9.04. The lowest BCUT2D eigenvalue weighted by atomic mass is 10.1. The maximum Gasteiger partial charge on any atom is 0.498 e. The molecule has 1 heterocycles. The predicted molar refractivity (Wildman–Crippen MR) is 114 cm³/mol. The number of aromatic nitrogens is 2. The lowest BCUT2D eigenvalue weighted by Crippen LogP contribution is -3.00. The Labute approximate surface area is 188 Å². The molecule has 168 valence electrons. The number of hydrogen-bond donors (Lipinski definition) is 6. The Morgan fingerprint density at radius 1 is 0.719 bits per heavy atom. The number of benzene rings is 2. The molecular weight excluding hydrogens is 440 g/mol. The molecule has 0 unspecified atom stereocenters. The third-order valence-corrected chi connectivity index (χ3v) is 4.72. The van der Waals surface area contributed by atoms with Crippen LogP contribution in [0.4, 0.5) is 0 Å². The molecular formula is C22H21ClN2O7. The highest BCUT2D eigenvalue weighted by Gasteiger charge is 2.14. The summed E-state index contributed by atoms with van der Waals surface area (Å²) in [6.45, 7) is 0. The molecule has 0 fully saturated rings. The topological polar surface area (TPSA) is 147 Å². The van der Waals surface area contributed by atoms with E-state index in [1.165, 1.54) is 33.4 Å². The second-order valence-corrected chi connectivity index (χ2v) is 6.88. The van der Waals surface area contributed by atoms with Gasteiger partial charge in [-0.1, -0.05) is 12.2 Å². The van der Waals surface area contributed by atoms with Gasteiger partial charge in [-0.3, -0.25) is 0 Å². The van der Waals surface area contributed by atoms with Crippen LogP contribution < -0.4 is 22.7 Å². The second kappa shape index (κ2) is 9.36. The van der Waals surface area contributed by atoms with Crippen molar-refractivity contribution in [2.45, 2.75) is 0 Å². The summed E-state index contributed by atoms with van der Waals surface area (Å²) in [7, 11) is 3.16. The van der Waals surface area contributed by atoms with Crippen LogP contribution in [-0.4, -0.2) is 35.2 Å². The Bertz CT molecular complexity index is 1160. The number of rotatable bonds is 4. The van der Waals surface area contributed by atoms with Crippen LogP contribution in [0.25, 0.3) is 24.3 Å². The molecule has 32 heavy (non-hydrogen) atoms. The van der Waals surface area contributed by atoms with E-state index in [1.807, 2.05) is 0 Å². The summed E-state index contributed by atoms with van der Waals surface area (Å²) in [5.41, 5.74) is 1.49. The minimum absolute atomic E-state index is 0. The SMILES string of the molecule is Cn1c(C=Cc2cc(O)c(O)c(O)c2)cc(C=Cc2cc(O)c(O)c(O)c2)[n+](C)c1=O.[Cl-]. The molecule has 0 saturated carbocycles. The zero-order chi connectivity index (χ0) is 22.9. The number of phenols is 6. The van der Waals surface area contributed by atoms with Crippen molar-refractivity contribution in [2.75, 3.05) is 0 Å². The van der Waals surface area contributed by atoms with Crippen molar-refractivity contribution in [3.63, 3.8) is 0 Å². The lowest BCUT2D eigenvalue weighted by molar-refractivity contribution is -0.692. The first kappa shape index (κ1) is 24.2. The van der Waals surface area contributed by atoms with Crippen LogP contribution in [0, 0.1) is 0 Å². The van der Waals surface area contributed by atoms with E-state index in [-0.39, 0.29) is 18.1 Å². The molecule has 0 atom stereocenters. The minimum Gasteiger partial charge on any atom is -1.00 e. The van der Waals surface area contributed by atoms with Gasteiger partial charge in [0.25, 0.3) is 0 Å². The van der Waals surface area contributed by atoms with E-state index >= 15 is 0 Å². The quantitative estimate of drug-likeness (QED) is 0.211. The summed E-state index contributed by atoms with van der Waals surface area (Å²) >= 11 is 0. The smallest absolute Gasteiger partial charge is 0.498 e. The van der Waals surface area contributed by atoms with Gasteiger partial charge in [-0.15, -0.1) is 0 Å². The third-order valence-electron chi connectivity index (χ3n) is 4.72. The molecule has 0 saturated heterocycles. The van der Waals surface area contributed by atoms with Gasteiger partial charge in [-0.25, -0.2) is 0 Å². The van der Waals surface area contributed by atoms with Crippen LogP contribution in [0.3, 0.4) is 0 Å². The number of halogens is 1. The first-order valence-corrected chi connectivity index (χ1v) is 9.04. The number of hydrogen-bond acceptors (Lipinski definition) is 7. The van der Waals surface area contributed by atoms with Crippen molar-refractivity contribution < 1.29 is 47.6 Å². The highest BCUT2D eigenvalue weighted by molar-refractivity contribution is 5.74. The molecule has 0 spiro atoms. The van der Waals surface area contributed by atoms with Crippen molar-refractivity contribution in [2.24, 2.45) is 14.1 Å². The van der Waals surface area contributed by atoms with Gasteiger partial charge in [-0.05, 0) is 47.5 Å². The molecule has 0 aliphatic heterocycles. The summed E-state index contributed by atoms with van der Waals surface area (Å²) in [5, 5.41) is 57.4. The zero-order valence-corrected chi connectivity index (χ0v) is 17.8. The molecule has 0 aliphatic carbocycles. The summed E-state index contributed by atoms with van der Waals surface area (Å²) in [6, 6.07) is 6.75. The molecule has 0 radical (unpaired) electrons. The number of phenolic OH excluding ortho intramolecular Hbond substituents is 6. The zero-order valence-electron chi connectivity index (χ0n) is 17.1. The van der Waals surface area contributed by atoms with Gasteiger partial charge in [0.05, 0.1) is 14.1 Å². The van der Waals surface area contributed by atoms with E-state index in [1.54, 1.807) is 44.5 Å². The van der Waals surface area contributed by atoms with Gasteiger partial charge in [0.1, 0.15) is 11.4 Å². The van der Waals surface area contributed by atoms with Crippen LogP contribution in [0.15, 0.2) is 35.1 Å². The van der Waals surface area contributed by atoms with Crippen LogP contribution >= 0.6 is 0 Å². The average Bonchev–Trinajstić information content (AvgIpc) is 2.72. The van der Waals surface area contributed by atoms with E-state index in [2.05, 4.69) is 0 Å². The summed E-state index contributed by atoms with van der Waals surface area (Å²) in [4.78, 5) is 12.6. The monoisotopic (exact) mass is 460 g/mol. The Hall–Kier alpha value is -4.11. The average molecular weight is 461 g/mol. The summed E-state index contributed by atoms with van der Waals surface area (Å²) < 4.78 is 2.79. The Morgan fingerprint density at radius 2 is 1.12 bits per heavy atom. The molecule has 6 N–H and O–H groups in total. The molecule has 3 rings (SSSR count). The van der Waals surface area contributed by atoms with Crippen molar-refractivity contribution in [3.05, 3.63) is 63.3 Å². The van der Waals surface area contributed by atoms with E-state index in [0.29, 0.717) is 22.5 Å². The van der Waals surface area contributed by atoms with E-state index in [4.69, 9.17) is 0 Å². The Balaban J connectivity index is 0.00000363. The van der Waals surface area contributed by atoms with Crippen LogP contribution in [-0.2, 0) is 14.1 Å². The largest absolute Gasteiger partial charge is 1.00 e. The van der Waals surface area contributed by atoms with Crippen molar-refractivity contribution in [1.29, 1.82) is 0 Å². The maximum absolute atomic E-state index is 12.6. The standard InChI is InChI=1S/C22H20N2O7.ClH/c1-23-14(5-3-12-7-16(25)20(29)17(26)8-12)11-15(24(2)22(23)31)6-4-13-9-18(27)21(30)19(28)10-13;/h3-11H,1-2H3,(H5,25,26,27,28,29,30);1H. The fourth-order valence-corrected chi connectivity index (χ4v) is 2.92. The van der Waals surface area contributed by atoms with Gasteiger partial charge in [-0.2, -0.15) is 13.9 Å². The van der Waals surface area contributed by atoms with Crippen LogP contribution in [0.2, 0.25) is 0 Å². The van der Waals surface area contributed by atoms with Crippen LogP contribution in [0.1, 0.15) is 22.5 Å². The fourth-order valence-electron chi connectivity index (χ4n) is 2.92. The van der Waals surface area contributed by atoms with Crippen LogP contribution in [0.5, 0.6) is 34.5 Å². The number of aromatic hydroxyl groups is 6. The van der Waals surface area contributed by atoms with Gasteiger partial charge in [0.15, 0.2) is 34.5 Å². The minimum atomic E-state index is -0.616. The fraction of sp³-hybridized carbons (Fsp3) is 0.0909. The molecule has 10 heteroatoms. The molecule has 9 nitrogen and oxygen atoms in total. The van der Waals surface area contributed by atoms with Gasteiger partial charge < -0.3 is 43.0 Å². The molecule has 2 aromatic carbocycles. The Kier molecular flexibility index (Phi) is 7.06. The van der Waals surface area contributed by atoms with Gasteiger partial charge >= 0.3 is 5.69 Å². The van der Waals surface area contributed by atoms with E-state index < -0.39 is 34.5 Å². The molecule has 0 amide bonds. The number of nitrogens with zero attached hydrogens (tertiary/aromatic N) is 2. The van der Waals surface area contributed by atoms with Gasteiger partial charge in [0.2, 0.25) is 0 Å². The highest BCUT2D eigenvalue weighted by atomic mass is 35.5. The van der Waals surface area contributed by atoms with Gasteiger partial charge in [0, 0.05) is 6.07 Å². The second-order valence-electron chi connectivity index (χ2n) is 6.88. The van der Waals surface area contributed by atoms with E-state index in [9.17, 15) is 35.4 Å². The normalized spacial score (nSPS) is 11.2. The van der Waals surface area contributed by atoms with Crippen molar-refractivity contribution in [3.8, 4) is 34.5 Å². The molecule has 1 aromatic heterocycles. The maximum atomic E-state index is 12.6. The Morgan fingerprint density at radius 3 is 1.56 bits per heavy atom. The summed E-state index contributed by atoms with van der Waals surface area (Å²) in [5.74, 6) is -3.13. The molecule has 3 aromatic rings. The molecule has 0 bridgehead atoms. The first-order chi connectivity index (χ1) is 14.6. The third kappa shape index (κ3) is 4.79. The predicted octanol–water partition coefficient (Wildman–Crippen LogP) is -1.21. The highest BCUT2D eigenvalue weighted by Crippen LogP contribution is 2.36. The van der Waals surface area contributed by atoms with Crippen molar-refractivity contribution in [1.82, 2.24) is 4.57 Å². The van der Waals surface area contributed by atoms with Crippen molar-refractivity contribution >= 4 is 24.3 Å². The lowest BCUT2D eigenvalue weighted by Gasteiger charge is -2.05. The molecule has 0 aliphatic rings. The summed E-state index contributed by atoms with van der Waals surface area (Å²) in [6.07, 6.45) is 6.30. The van der Waals surface area contributed by atoms with E-state index in [0.717, 1.165) is 0 Å².